The summed E-state index contributed by atoms with van der Waals surface area (Å²) in [5.41, 5.74) is 0. The average Bonchev–Trinajstić information content (AvgIpc) is 3.09. The van der Waals surface area contributed by atoms with Gasteiger partial charge in [-0.15, -0.1) is 0 Å². The molecule has 0 unspecified atom stereocenters. The van der Waals surface area contributed by atoms with Crippen molar-refractivity contribution in [2.24, 2.45) is 0 Å². The van der Waals surface area contributed by atoms with Crippen LogP contribution >= 0.6 is 0 Å². The number of carbonyl (C=O) groups excluding carboxylic acids is 1. The van der Waals surface area contributed by atoms with Gasteiger partial charge in [-0.05, 0) is 38.0 Å². The van der Waals surface area contributed by atoms with Crippen LogP contribution in [-0.2, 0) is 6.42 Å². The molecule has 1 saturated heterocycles. The first-order chi connectivity index (χ1) is 11.7. The van der Waals surface area contributed by atoms with Crippen molar-refractivity contribution >= 4 is 12.0 Å². The standard InChI is InChI=1S/C17H23N5O2/c1-13(12-15-4-2-11-24-15)20-17(23)21-14-5-9-22(10-6-14)16-18-7-3-8-19-16/h2-4,7-8,11,13-14H,5-6,9-10,12H2,1H3,(H2,20,21,23)/t13-/m0/s1. The van der Waals surface area contributed by atoms with Gasteiger partial charge >= 0.3 is 6.03 Å². The maximum Gasteiger partial charge on any atom is 0.315 e. The van der Waals surface area contributed by atoms with Crippen molar-refractivity contribution in [3.8, 4) is 0 Å². The molecule has 7 heteroatoms. The van der Waals surface area contributed by atoms with Crippen LogP contribution in [0.25, 0.3) is 0 Å². The number of anilines is 1. The van der Waals surface area contributed by atoms with E-state index in [-0.39, 0.29) is 18.1 Å². The molecule has 3 heterocycles. The summed E-state index contributed by atoms with van der Waals surface area (Å²) in [7, 11) is 0. The van der Waals surface area contributed by atoms with E-state index in [1.807, 2.05) is 25.1 Å². The van der Waals surface area contributed by atoms with E-state index in [4.69, 9.17) is 4.42 Å². The lowest BCUT2D eigenvalue weighted by atomic mass is 10.1. The summed E-state index contributed by atoms with van der Waals surface area (Å²) < 4.78 is 5.30. The summed E-state index contributed by atoms with van der Waals surface area (Å²) in [6.07, 6.45) is 7.61. The van der Waals surface area contributed by atoms with Gasteiger partial charge in [0.1, 0.15) is 5.76 Å². The van der Waals surface area contributed by atoms with Gasteiger partial charge in [0, 0.05) is 44.0 Å². The molecule has 1 atom stereocenters. The predicted molar refractivity (Wildman–Crippen MR) is 90.8 cm³/mol. The molecule has 128 valence electrons. The van der Waals surface area contributed by atoms with Crippen LogP contribution in [0.2, 0.25) is 0 Å². The minimum absolute atomic E-state index is 0.0222. The highest BCUT2D eigenvalue weighted by Gasteiger charge is 2.22. The van der Waals surface area contributed by atoms with Crippen molar-refractivity contribution in [2.75, 3.05) is 18.0 Å². The molecule has 0 aromatic carbocycles. The SMILES string of the molecule is C[C@@H](Cc1ccco1)NC(=O)NC1CCN(c2ncccn2)CC1. The van der Waals surface area contributed by atoms with E-state index in [9.17, 15) is 4.79 Å². The third-order valence-electron chi connectivity index (χ3n) is 4.13. The molecule has 0 bridgehead atoms. The second-order valence-corrected chi connectivity index (χ2v) is 6.11. The Hall–Kier alpha value is -2.57. The monoisotopic (exact) mass is 329 g/mol. The highest BCUT2D eigenvalue weighted by Crippen LogP contribution is 2.15. The molecule has 0 saturated carbocycles. The first kappa shape index (κ1) is 16.3. The van der Waals surface area contributed by atoms with Crippen LogP contribution in [0.5, 0.6) is 0 Å². The Kier molecular flexibility index (Phi) is 5.30. The molecule has 0 aliphatic carbocycles. The summed E-state index contributed by atoms with van der Waals surface area (Å²) >= 11 is 0. The fourth-order valence-corrected chi connectivity index (χ4v) is 2.91. The van der Waals surface area contributed by atoms with E-state index in [1.165, 1.54) is 0 Å². The van der Waals surface area contributed by atoms with Gasteiger partial charge in [-0.2, -0.15) is 0 Å². The maximum absolute atomic E-state index is 12.1. The van der Waals surface area contributed by atoms with Crippen LogP contribution in [-0.4, -0.2) is 41.2 Å². The molecule has 2 amide bonds. The first-order valence-electron chi connectivity index (χ1n) is 8.32. The van der Waals surface area contributed by atoms with Crippen LogP contribution in [0.4, 0.5) is 10.7 Å². The normalized spacial score (nSPS) is 16.6. The molecule has 0 spiro atoms. The first-order valence-corrected chi connectivity index (χ1v) is 8.32. The van der Waals surface area contributed by atoms with E-state index in [0.717, 1.165) is 37.6 Å². The lowest BCUT2D eigenvalue weighted by Crippen LogP contribution is -2.50. The molecule has 7 nitrogen and oxygen atoms in total. The predicted octanol–water partition coefficient (Wildman–Crippen LogP) is 1.97. The van der Waals surface area contributed by atoms with Gasteiger partial charge in [0.15, 0.2) is 0 Å². The molecule has 1 aliphatic rings. The van der Waals surface area contributed by atoms with E-state index >= 15 is 0 Å². The topological polar surface area (TPSA) is 83.3 Å². The van der Waals surface area contributed by atoms with Crippen molar-refractivity contribution in [2.45, 2.75) is 38.3 Å². The third kappa shape index (κ3) is 4.47. The lowest BCUT2D eigenvalue weighted by Gasteiger charge is -2.32. The van der Waals surface area contributed by atoms with Crippen LogP contribution in [0.1, 0.15) is 25.5 Å². The Balaban J connectivity index is 1.40. The molecule has 2 N–H and O–H groups in total. The molecule has 1 fully saturated rings. The quantitative estimate of drug-likeness (QED) is 0.876. The Morgan fingerprint density at radius 3 is 2.75 bits per heavy atom. The molecular formula is C17H23N5O2. The van der Waals surface area contributed by atoms with Crippen molar-refractivity contribution < 1.29 is 9.21 Å². The van der Waals surface area contributed by atoms with Gasteiger partial charge in [-0.1, -0.05) is 0 Å². The molecule has 2 aromatic heterocycles. The van der Waals surface area contributed by atoms with Gasteiger partial charge in [0.2, 0.25) is 5.95 Å². The smallest absolute Gasteiger partial charge is 0.315 e. The minimum Gasteiger partial charge on any atom is -0.469 e. The van der Waals surface area contributed by atoms with Crippen LogP contribution in [0, 0.1) is 0 Å². The van der Waals surface area contributed by atoms with Gasteiger partial charge in [-0.25, -0.2) is 14.8 Å². The number of amides is 2. The zero-order valence-electron chi connectivity index (χ0n) is 13.8. The van der Waals surface area contributed by atoms with Crippen molar-refractivity contribution in [1.82, 2.24) is 20.6 Å². The summed E-state index contributed by atoms with van der Waals surface area (Å²) in [6, 6.07) is 5.66. The molecule has 3 rings (SSSR count). The van der Waals surface area contributed by atoms with Crippen molar-refractivity contribution in [1.29, 1.82) is 0 Å². The number of nitrogens with one attached hydrogen (secondary N) is 2. The number of hydrogen-bond acceptors (Lipinski definition) is 5. The number of urea groups is 1. The Morgan fingerprint density at radius 1 is 1.33 bits per heavy atom. The summed E-state index contributed by atoms with van der Waals surface area (Å²) in [5.74, 6) is 1.63. The largest absolute Gasteiger partial charge is 0.469 e. The zero-order valence-corrected chi connectivity index (χ0v) is 13.8. The number of rotatable bonds is 5. The van der Waals surface area contributed by atoms with Gasteiger partial charge in [0.05, 0.1) is 6.26 Å². The van der Waals surface area contributed by atoms with Gasteiger partial charge < -0.3 is 20.0 Å². The number of furan rings is 1. The fraction of sp³-hybridized carbons (Fsp3) is 0.471. The van der Waals surface area contributed by atoms with Gasteiger partial charge in [0.25, 0.3) is 0 Å². The molecule has 0 radical (unpaired) electrons. The molecule has 2 aromatic rings. The Bertz CT molecular complexity index is 624. The number of carbonyl (C=O) groups is 1. The van der Waals surface area contributed by atoms with Crippen LogP contribution in [0.3, 0.4) is 0 Å². The Morgan fingerprint density at radius 2 is 2.08 bits per heavy atom. The van der Waals surface area contributed by atoms with Crippen LogP contribution in [0.15, 0.2) is 41.3 Å². The highest BCUT2D eigenvalue weighted by molar-refractivity contribution is 5.74. The van der Waals surface area contributed by atoms with Crippen molar-refractivity contribution in [3.05, 3.63) is 42.6 Å². The zero-order chi connectivity index (χ0) is 16.8. The number of nitrogens with zero attached hydrogens (tertiary/aromatic N) is 3. The van der Waals surface area contributed by atoms with E-state index in [1.54, 1.807) is 18.7 Å². The minimum atomic E-state index is -0.122. The summed E-state index contributed by atoms with van der Waals surface area (Å²) in [4.78, 5) is 22.8. The average molecular weight is 329 g/mol. The molecular weight excluding hydrogens is 306 g/mol. The van der Waals surface area contributed by atoms with Crippen molar-refractivity contribution in [3.63, 3.8) is 0 Å². The molecule has 1 aliphatic heterocycles. The highest BCUT2D eigenvalue weighted by atomic mass is 16.3. The lowest BCUT2D eigenvalue weighted by molar-refractivity contribution is 0.231. The van der Waals surface area contributed by atoms with E-state index in [0.29, 0.717) is 6.42 Å². The third-order valence-corrected chi connectivity index (χ3v) is 4.13. The van der Waals surface area contributed by atoms with Gasteiger partial charge in [-0.3, -0.25) is 0 Å². The van der Waals surface area contributed by atoms with E-state index < -0.39 is 0 Å². The number of hydrogen-bond donors (Lipinski definition) is 2. The van der Waals surface area contributed by atoms with Crippen LogP contribution < -0.4 is 15.5 Å². The second-order valence-electron chi connectivity index (χ2n) is 6.11. The maximum atomic E-state index is 12.1. The fourth-order valence-electron chi connectivity index (χ4n) is 2.91. The number of aromatic nitrogens is 2. The Labute approximate surface area is 141 Å². The number of piperidine rings is 1. The summed E-state index contributed by atoms with van der Waals surface area (Å²) in [5, 5.41) is 6.01. The summed E-state index contributed by atoms with van der Waals surface area (Å²) in [6.45, 7) is 3.66. The molecule has 24 heavy (non-hydrogen) atoms. The van der Waals surface area contributed by atoms with E-state index in [2.05, 4.69) is 25.5 Å². The second kappa shape index (κ2) is 7.81.